The van der Waals surface area contributed by atoms with Gasteiger partial charge in [0.15, 0.2) is 0 Å². The summed E-state index contributed by atoms with van der Waals surface area (Å²) < 4.78 is 16.4. The summed E-state index contributed by atoms with van der Waals surface area (Å²) in [5.74, 6) is 0.210. The average Bonchev–Trinajstić information content (AvgIpc) is 2.74. The summed E-state index contributed by atoms with van der Waals surface area (Å²) in [6, 6.07) is 9.95. The van der Waals surface area contributed by atoms with E-state index in [1.165, 1.54) is 12.1 Å². The van der Waals surface area contributed by atoms with E-state index >= 15 is 0 Å². The molecule has 0 radical (unpaired) electrons. The third-order valence-electron chi connectivity index (χ3n) is 5.09. The van der Waals surface area contributed by atoms with Crippen LogP contribution in [0.25, 0.3) is 11.0 Å². The molecule has 1 heterocycles. The van der Waals surface area contributed by atoms with E-state index in [2.05, 4.69) is 0 Å². The van der Waals surface area contributed by atoms with Crippen LogP contribution in [-0.2, 0) is 22.6 Å². The highest BCUT2D eigenvalue weighted by atomic mass is 16.8. The van der Waals surface area contributed by atoms with E-state index in [1.807, 2.05) is 19.9 Å². The molecule has 0 atom stereocenters. The number of hydrogen-bond acceptors (Lipinski definition) is 8. The SMILES string of the molecule is CCOC(=O)CCc1c(C)c2ccc(OCc3ccc(N([O-])O)cc3)c(C)c2oc1=O. The van der Waals surface area contributed by atoms with Crippen LogP contribution in [0.5, 0.6) is 5.75 Å². The molecule has 1 aromatic heterocycles. The summed E-state index contributed by atoms with van der Waals surface area (Å²) in [7, 11) is 0. The number of anilines is 1. The molecule has 8 heteroatoms. The van der Waals surface area contributed by atoms with Crippen molar-refractivity contribution in [2.75, 3.05) is 11.8 Å². The van der Waals surface area contributed by atoms with Gasteiger partial charge in [-0.25, -0.2) is 4.79 Å². The largest absolute Gasteiger partial charge is 0.733 e. The number of carbonyl (C=O) groups is 1. The van der Waals surface area contributed by atoms with Gasteiger partial charge in [-0.1, -0.05) is 12.1 Å². The molecule has 8 nitrogen and oxygen atoms in total. The standard InChI is InChI=1S/C23H24NO7/c1-4-29-21(25)12-10-19-14(2)18-9-11-20(15(3)22(18)31-23(19)26)30-13-16-5-7-17(8-6-16)24(27)28/h5-9,11,27H,4,10,12-13H2,1-3H3/q-1. The predicted octanol–water partition coefficient (Wildman–Crippen LogP) is 4.18. The first-order chi connectivity index (χ1) is 14.8. The molecule has 0 aliphatic heterocycles. The van der Waals surface area contributed by atoms with Crippen molar-refractivity contribution >= 4 is 22.6 Å². The third-order valence-corrected chi connectivity index (χ3v) is 5.09. The van der Waals surface area contributed by atoms with E-state index in [4.69, 9.17) is 19.1 Å². The maximum atomic E-state index is 12.5. The Labute approximate surface area is 179 Å². The first kappa shape index (κ1) is 22.3. The number of rotatable bonds is 8. The van der Waals surface area contributed by atoms with E-state index in [0.717, 1.165) is 16.5 Å². The summed E-state index contributed by atoms with van der Waals surface area (Å²) in [5.41, 5.74) is 2.82. The van der Waals surface area contributed by atoms with Gasteiger partial charge in [0.2, 0.25) is 0 Å². The second kappa shape index (κ2) is 9.63. The molecule has 164 valence electrons. The Morgan fingerprint density at radius 1 is 1.13 bits per heavy atom. The van der Waals surface area contributed by atoms with Crippen molar-refractivity contribution in [1.29, 1.82) is 0 Å². The van der Waals surface area contributed by atoms with Gasteiger partial charge in [-0.05, 0) is 62.6 Å². The highest BCUT2D eigenvalue weighted by molar-refractivity contribution is 5.85. The molecule has 2 aromatic carbocycles. The van der Waals surface area contributed by atoms with Gasteiger partial charge >= 0.3 is 11.6 Å². The third kappa shape index (κ3) is 5.04. The molecule has 0 amide bonds. The summed E-state index contributed by atoms with van der Waals surface area (Å²) in [5, 5.41) is 20.3. The summed E-state index contributed by atoms with van der Waals surface area (Å²) >= 11 is 0. The van der Waals surface area contributed by atoms with Crippen LogP contribution in [0.4, 0.5) is 5.69 Å². The zero-order valence-electron chi connectivity index (χ0n) is 17.6. The molecule has 0 unspecified atom stereocenters. The van der Waals surface area contributed by atoms with Crippen LogP contribution >= 0.6 is 0 Å². The van der Waals surface area contributed by atoms with Crippen LogP contribution in [0, 0.1) is 19.1 Å². The lowest BCUT2D eigenvalue weighted by Crippen LogP contribution is -2.14. The minimum atomic E-state index is -0.476. The second-order valence-electron chi connectivity index (χ2n) is 7.09. The van der Waals surface area contributed by atoms with Gasteiger partial charge < -0.3 is 24.3 Å². The zero-order valence-corrected chi connectivity index (χ0v) is 17.6. The van der Waals surface area contributed by atoms with Gasteiger partial charge in [-0.2, -0.15) is 0 Å². The average molecular weight is 426 g/mol. The van der Waals surface area contributed by atoms with Crippen molar-refractivity contribution in [1.82, 2.24) is 0 Å². The molecule has 0 aliphatic carbocycles. The number of benzene rings is 2. The molecule has 0 bridgehead atoms. The van der Waals surface area contributed by atoms with Crippen molar-refractivity contribution in [2.45, 2.75) is 40.2 Å². The van der Waals surface area contributed by atoms with E-state index in [0.29, 0.717) is 29.1 Å². The highest BCUT2D eigenvalue weighted by Crippen LogP contribution is 2.30. The van der Waals surface area contributed by atoms with Crippen molar-refractivity contribution in [2.24, 2.45) is 0 Å². The normalized spacial score (nSPS) is 10.9. The molecule has 0 saturated carbocycles. The van der Waals surface area contributed by atoms with Gasteiger partial charge in [0.05, 0.1) is 12.3 Å². The molecule has 0 aliphatic rings. The lowest BCUT2D eigenvalue weighted by atomic mass is 10.0. The fraction of sp³-hybridized carbons (Fsp3) is 0.304. The molecule has 0 fully saturated rings. The van der Waals surface area contributed by atoms with E-state index in [1.54, 1.807) is 25.1 Å². The lowest BCUT2D eigenvalue weighted by molar-refractivity contribution is -0.143. The van der Waals surface area contributed by atoms with Gasteiger partial charge in [-0.15, -0.1) is 0 Å². The van der Waals surface area contributed by atoms with Gasteiger partial charge in [0, 0.05) is 22.9 Å². The van der Waals surface area contributed by atoms with Crippen molar-refractivity contribution in [3.63, 3.8) is 0 Å². The Hall–Kier alpha value is -3.36. The molecular weight excluding hydrogens is 402 g/mol. The zero-order chi connectivity index (χ0) is 22.5. The molecule has 3 aromatic rings. The van der Waals surface area contributed by atoms with Crippen molar-refractivity contribution in [3.05, 3.63) is 74.3 Å². The first-order valence-corrected chi connectivity index (χ1v) is 9.91. The number of esters is 1. The minimum Gasteiger partial charge on any atom is -0.733 e. The van der Waals surface area contributed by atoms with Crippen molar-refractivity contribution in [3.8, 4) is 5.75 Å². The number of hydrogen-bond donors (Lipinski definition) is 1. The molecular formula is C23H24NO7-. The Balaban J connectivity index is 1.82. The van der Waals surface area contributed by atoms with Crippen LogP contribution in [0.2, 0.25) is 0 Å². The fourth-order valence-electron chi connectivity index (χ4n) is 3.36. The van der Waals surface area contributed by atoms with Gasteiger partial charge in [0.25, 0.3) is 0 Å². The second-order valence-corrected chi connectivity index (χ2v) is 7.09. The summed E-state index contributed by atoms with van der Waals surface area (Å²) in [4.78, 5) is 24.2. The molecule has 1 N–H and O–H groups in total. The summed E-state index contributed by atoms with van der Waals surface area (Å²) in [6.45, 7) is 5.91. The topological polar surface area (TPSA) is 112 Å². The Morgan fingerprint density at radius 3 is 2.48 bits per heavy atom. The van der Waals surface area contributed by atoms with E-state index in [-0.39, 0.29) is 36.3 Å². The summed E-state index contributed by atoms with van der Waals surface area (Å²) in [6.07, 6.45) is 0.370. The minimum absolute atomic E-state index is 0.115. The van der Waals surface area contributed by atoms with Crippen LogP contribution in [0.1, 0.15) is 35.6 Å². The van der Waals surface area contributed by atoms with Crippen LogP contribution in [0.15, 0.2) is 45.6 Å². The number of nitrogens with zero attached hydrogens (tertiary/aromatic N) is 1. The fourth-order valence-corrected chi connectivity index (χ4v) is 3.36. The molecule has 3 rings (SSSR count). The molecule has 0 saturated heterocycles. The highest BCUT2D eigenvalue weighted by Gasteiger charge is 2.16. The van der Waals surface area contributed by atoms with Gasteiger partial charge in [-0.3, -0.25) is 10.0 Å². The first-order valence-electron chi connectivity index (χ1n) is 9.91. The quantitative estimate of drug-likeness (QED) is 0.324. The number of fused-ring (bicyclic) bond motifs is 1. The smallest absolute Gasteiger partial charge is 0.339 e. The predicted molar refractivity (Wildman–Crippen MR) is 115 cm³/mol. The molecule has 0 spiro atoms. The Morgan fingerprint density at radius 2 is 1.84 bits per heavy atom. The van der Waals surface area contributed by atoms with Crippen LogP contribution in [0.3, 0.4) is 0 Å². The van der Waals surface area contributed by atoms with Crippen LogP contribution < -0.4 is 15.6 Å². The van der Waals surface area contributed by atoms with Crippen LogP contribution in [-0.4, -0.2) is 17.8 Å². The maximum absolute atomic E-state index is 12.5. The van der Waals surface area contributed by atoms with E-state index in [9.17, 15) is 14.8 Å². The molecule has 31 heavy (non-hydrogen) atoms. The van der Waals surface area contributed by atoms with Gasteiger partial charge in [0.1, 0.15) is 17.9 Å². The van der Waals surface area contributed by atoms with Crippen molar-refractivity contribution < 1.29 is 23.9 Å². The number of ether oxygens (including phenoxy) is 2. The van der Waals surface area contributed by atoms with E-state index < -0.39 is 5.63 Å². The number of carbonyl (C=O) groups excluding carboxylic acids is 1. The number of aryl methyl sites for hydroxylation is 2. The monoisotopic (exact) mass is 426 g/mol. The Kier molecular flexibility index (Phi) is 6.94. The lowest BCUT2D eigenvalue weighted by Gasteiger charge is -2.21. The Bertz CT molecular complexity index is 1130. The maximum Gasteiger partial charge on any atom is 0.339 e.